The predicted octanol–water partition coefficient (Wildman–Crippen LogP) is 1.57. The second-order valence-corrected chi connectivity index (χ2v) is 10.1. The van der Waals surface area contributed by atoms with E-state index in [0.717, 1.165) is 11.1 Å². The minimum Gasteiger partial charge on any atom is -0.391 e. The Bertz CT molecular complexity index is 1280. The summed E-state index contributed by atoms with van der Waals surface area (Å²) in [4.78, 5) is 51.1. The van der Waals surface area contributed by atoms with Gasteiger partial charge in [-0.15, -0.1) is 0 Å². The monoisotopic (exact) mass is 566 g/mol. The van der Waals surface area contributed by atoms with Crippen molar-refractivity contribution in [1.82, 2.24) is 26.4 Å². The molecule has 5 N–H and O–H groups in total. The number of benzene rings is 1. The molecule has 1 aromatic heterocycles. The molecule has 1 unspecified atom stereocenters. The van der Waals surface area contributed by atoms with Crippen molar-refractivity contribution >= 4 is 23.6 Å². The van der Waals surface area contributed by atoms with E-state index in [9.17, 15) is 29.5 Å². The lowest BCUT2D eigenvalue weighted by Crippen LogP contribution is -2.57. The minimum atomic E-state index is -1.38. The first kappa shape index (κ1) is 32.7. The first-order valence-electron chi connectivity index (χ1n) is 13.4. The molecule has 12 nitrogen and oxygen atoms in total. The molecule has 3 atom stereocenters. The van der Waals surface area contributed by atoms with Gasteiger partial charge in [0.15, 0.2) is 5.69 Å². The zero-order valence-electron chi connectivity index (χ0n) is 24.0. The molecule has 1 aromatic carbocycles. The van der Waals surface area contributed by atoms with Gasteiger partial charge in [-0.2, -0.15) is 5.26 Å². The van der Waals surface area contributed by atoms with Gasteiger partial charge in [0.2, 0.25) is 11.8 Å². The van der Waals surface area contributed by atoms with Gasteiger partial charge in [-0.1, -0.05) is 54.9 Å². The minimum absolute atomic E-state index is 0.00137. The van der Waals surface area contributed by atoms with Gasteiger partial charge in [-0.3, -0.25) is 19.2 Å². The van der Waals surface area contributed by atoms with Crippen LogP contribution in [-0.2, 0) is 20.9 Å². The molecule has 0 saturated heterocycles. The van der Waals surface area contributed by atoms with Crippen molar-refractivity contribution in [3.05, 3.63) is 64.6 Å². The van der Waals surface area contributed by atoms with E-state index in [1.165, 1.54) is 13.0 Å². The summed E-state index contributed by atoms with van der Waals surface area (Å²) in [5.74, 6) is -2.10. The summed E-state index contributed by atoms with van der Waals surface area (Å²) in [5.41, 5.74) is 1.87. The zero-order valence-corrected chi connectivity index (χ0v) is 24.0. The Labute approximate surface area is 239 Å². The summed E-state index contributed by atoms with van der Waals surface area (Å²) in [6.07, 6.45) is 0.685. The quantitative estimate of drug-likeness (QED) is 0.129. The third-order valence-electron chi connectivity index (χ3n) is 5.95. The summed E-state index contributed by atoms with van der Waals surface area (Å²) in [6.45, 7) is 8.95. The average molecular weight is 567 g/mol. The SMILES string of the molecule is Cc1ccc(CNC(=O)C(CCCNC(=O)C(C#N)=CC(C)C)NC(=O)[C@@H](NC(=O)c2cc(C)on2)[C@@H](C)O)cc1. The van der Waals surface area contributed by atoms with E-state index < -0.39 is 41.8 Å². The van der Waals surface area contributed by atoms with Gasteiger partial charge in [0.25, 0.3) is 11.8 Å². The van der Waals surface area contributed by atoms with Crippen LogP contribution < -0.4 is 21.3 Å². The summed E-state index contributed by atoms with van der Waals surface area (Å²) >= 11 is 0. The molecule has 0 saturated carbocycles. The Morgan fingerprint density at radius 2 is 1.73 bits per heavy atom. The molecule has 2 rings (SSSR count). The van der Waals surface area contributed by atoms with E-state index in [4.69, 9.17) is 4.52 Å². The predicted molar refractivity (Wildman–Crippen MR) is 150 cm³/mol. The number of aryl methyl sites for hydroxylation is 2. The van der Waals surface area contributed by atoms with Crippen LogP contribution in [0.4, 0.5) is 0 Å². The average Bonchev–Trinajstić information content (AvgIpc) is 3.37. The molecule has 0 fully saturated rings. The number of aliphatic hydroxyl groups excluding tert-OH is 1. The number of aromatic nitrogens is 1. The van der Waals surface area contributed by atoms with Gasteiger partial charge in [-0.25, -0.2) is 0 Å². The fraction of sp³-hybridized carbons (Fsp3) is 0.448. The molecule has 1 heterocycles. The molecular weight excluding hydrogens is 528 g/mol. The number of allylic oxidation sites excluding steroid dienone is 1. The van der Waals surface area contributed by atoms with E-state index >= 15 is 0 Å². The standard InChI is InChI=1S/C29H38N6O6/c1-17(2)13-22(15-30)26(37)31-12-6-7-23(27(38)32-16-21-10-8-18(3)9-11-21)33-29(40)25(20(5)36)34-28(39)24-14-19(4)41-35-24/h8-11,13-14,17,20,23,25,36H,6-7,12,16H2,1-5H3,(H,31,37)(H,32,38)(H,33,40)(H,34,39)/t20-,23?,25+/m1/s1. The third-order valence-corrected chi connectivity index (χ3v) is 5.95. The molecule has 0 aliphatic carbocycles. The molecule has 41 heavy (non-hydrogen) atoms. The molecule has 0 spiro atoms. The van der Waals surface area contributed by atoms with Gasteiger partial charge in [-0.05, 0) is 45.1 Å². The summed E-state index contributed by atoms with van der Waals surface area (Å²) in [7, 11) is 0. The Kier molecular flexibility index (Phi) is 12.7. The molecule has 220 valence electrons. The van der Waals surface area contributed by atoms with Crippen molar-refractivity contribution < 1.29 is 28.8 Å². The van der Waals surface area contributed by atoms with Crippen LogP contribution in [0, 0.1) is 31.1 Å². The molecule has 0 aliphatic heterocycles. The first-order chi connectivity index (χ1) is 19.4. The van der Waals surface area contributed by atoms with Crippen molar-refractivity contribution in [2.75, 3.05) is 6.54 Å². The number of hydrogen-bond donors (Lipinski definition) is 5. The fourth-order valence-electron chi connectivity index (χ4n) is 3.74. The number of nitrogens with zero attached hydrogens (tertiary/aromatic N) is 2. The highest BCUT2D eigenvalue weighted by atomic mass is 16.5. The normalized spacial score (nSPS) is 13.5. The van der Waals surface area contributed by atoms with Crippen LogP contribution in [0.25, 0.3) is 0 Å². The first-order valence-corrected chi connectivity index (χ1v) is 13.4. The maximum absolute atomic E-state index is 13.1. The largest absolute Gasteiger partial charge is 0.391 e. The lowest BCUT2D eigenvalue weighted by atomic mass is 10.1. The van der Waals surface area contributed by atoms with Gasteiger partial charge < -0.3 is 30.9 Å². The Morgan fingerprint density at radius 3 is 2.29 bits per heavy atom. The number of amides is 4. The smallest absolute Gasteiger partial charge is 0.274 e. The van der Waals surface area contributed by atoms with Crippen LogP contribution >= 0.6 is 0 Å². The van der Waals surface area contributed by atoms with Crippen molar-refractivity contribution in [2.24, 2.45) is 5.92 Å². The third kappa shape index (κ3) is 10.9. The number of nitriles is 1. The maximum atomic E-state index is 13.1. The van der Waals surface area contributed by atoms with Gasteiger partial charge in [0.05, 0.1) is 6.10 Å². The summed E-state index contributed by atoms with van der Waals surface area (Å²) < 4.78 is 4.89. The highest BCUT2D eigenvalue weighted by molar-refractivity contribution is 5.98. The maximum Gasteiger partial charge on any atom is 0.274 e. The van der Waals surface area contributed by atoms with Gasteiger partial charge >= 0.3 is 0 Å². The van der Waals surface area contributed by atoms with E-state index in [1.807, 2.05) is 51.1 Å². The number of nitrogens with one attached hydrogen (secondary N) is 4. The van der Waals surface area contributed by atoms with Gasteiger partial charge in [0, 0.05) is 19.2 Å². The number of carbonyl (C=O) groups excluding carboxylic acids is 4. The number of aliphatic hydroxyl groups is 1. The van der Waals surface area contributed by atoms with E-state index in [0.29, 0.717) is 12.2 Å². The van der Waals surface area contributed by atoms with Crippen molar-refractivity contribution in [2.45, 2.75) is 72.2 Å². The topological polar surface area (TPSA) is 186 Å². The van der Waals surface area contributed by atoms with Crippen LogP contribution in [0.3, 0.4) is 0 Å². The molecular formula is C29H38N6O6. The highest BCUT2D eigenvalue weighted by Gasteiger charge is 2.30. The number of rotatable bonds is 14. The summed E-state index contributed by atoms with van der Waals surface area (Å²) in [6, 6.07) is 8.42. The van der Waals surface area contributed by atoms with Crippen LogP contribution in [0.5, 0.6) is 0 Å². The molecule has 0 radical (unpaired) electrons. The Morgan fingerprint density at radius 1 is 1.05 bits per heavy atom. The van der Waals surface area contributed by atoms with Crippen LogP contribution in [-0.4, -0.2) is 58.6 Å². The van der Waals surface area contributed by atoms with Gasteiger partial charge in [0.1, 0.15) is 29.5 Å². The van der Waals surface area contributed by atoms with Crippen LogP contribution in [0.2, 0.25) is 0 Å². The Balaban J connectivity index is 2.09. The number of hydrogen-bond acceptors (Lipinski definition) is 8. The second-order valence-electron chi connectivity index (χ2n) is 10.1. The highest BCUT2D eigenvalue weighted by Crippen LogP contribution is 2.07. The molecule has 12 heteroatoms. The zero-order chi connectivity index (χ0) is 30.5. The second kappa shape index (κ2) is 15.9. The number of carbonyl (C=O) groups is 4. The molecule has 2 aromatic rings. The summed E-state index contributed by atoms with van der Waals surface area (Å²) in [5, 5.41) is 33.5. The molecule has 0 bridgehead atoms. The van der Waals surface area contributed by atoms with Crippen LogP contribution in [0.15, 0.2) is 46.5 Å². The van der Waals surface area contributed by atoms with Crippen molar-refractivity contribution in [3.8, 4) is 6.07 Å². The fourth-order valence-corrected chi connectivity index (χ4v) is 3.74. The molecule has 4 amide bonds. The van der Waals surface area contributed by atoms with Crippen molar-refractivity contribution in [1.29, 1.82) is 5.26 Å². The molecule has 0 aliphatic rings. The van der Waals surface area contributed by atoms with Crippen LogP contribution in [0.1, 0.15) is 61.0 Å². The lowest BCUT2D eigenvalue weighted by Gasteiger charge is -2.24. The lowest BCUT2D eigenvalue weighted by molar-refractivity contribution is -0.131. The van der Waals surface area contributed by atoms with E-state index in [-0.39, 0.29) is 36.7 Å². The Hall–Kier alpha value is -4.50. The van der Waals surface area contributed by atoms with E-state index in [1.54, 1.807) is 13.0 Å². The van der Waals surface area contributed by atoms with Crippen molar-refractivity contribution in [3.63, 3.8) is 0 Å². The van der Waals surface area contributed by atoms with E-state index in [2.05, 4.69) is 26.4 Å².